The van der Waals surface area contributed by atoms with Crippen molar-refractivity contribution in [2.75, 3.05) is 6.54 Å². The van der Waals surface area contributed by atoms with E-state index in [4.69, 9.17) is 0 Å². The highest BCUT2D eigenvalue weighted by atomic mass is 32.2. The summed E-state index contributed by atoms with van der Waals surface area (Å²) >= 11 is 3.04. The molecule has 1 amide bonds. The van der Waals surface area contributed by atoms with E-state index in [1.807, 2.05) is 54.1 Å². The molecule has 2 N–H and O–H groups in total. The summed E-state index contributed by atoms with van der Waals surface area (Å²) in [6, 6.07) is 11.7. The summed E-state index contributed by atoms with van der Waals surface area (Å²) in [4.78, 5) is 13.0. The largest absolute Gasteiger partial charge is 0.387 e. The summed E-state index contributed by atoms with van der Waals surface area (Å²) in [6.07, 6.45) is -0.640. The lowest BCUT2D eigenvalue weighted by Gasteiger charge is -2.14. The summed E-state index contributed by atoms with van der Waals surface area (Å²) in [7, 11) is 0. The van der Waals surface area contributed by atoms with E-state index in [9.17, 15) is 9.90 Å². The number of amides is 1. The number of aliphatic hydroxyl groups excluding tert-OH is 1. The highest BCUT2D eigenvalue weighted by Crippen LogP contribution is 2.23. The monoisotopic (exact) mass is 307 g/mol. The molecule has 0 aliphatic rings. The molecule has 2 rings (SSSR count). The number of hydrogen-bond acceptors (Lipinski definition) is 4. The fraction of sp³-hybridized carbons (Fsp3) is 0.267. The maximum atomic E-state index is 12.0. The van der Waals surface area contributed by atoms with Crippen LogP contribution in [0.1, 0.15) is 18.6 Å². The summed E-state index contributed by atoms with van der Waals surface area (Å²) in [6.45, 7) is 2.11. The molecule has 0 aliphatic carbocycles. The van der Waals surface area contributed by atoms with Crippen molar-refractivity contribution in [2.45, 2.75) is 23.2 Å². The number of carbonyl (C=O) groups excluding carboxylic acids is 1. The first-order valence-corrected chi connectivity index (χ1v) is 8.18. The molecule has 0 aliphatic heterocycles. The van der Waals surface area contributed by atoms with Gasteiger partial charge in [-0.05, 0) is 41.4 Å². The first-order valence-electron chi connectivity index (χ1n) is 6.36. The van der Waals surface area contributed by atoms with E-state index in [2.05, 4.69) is 5.32 Å². The second-order valence-electron chi connectivity index (χ2n) is 4.39. The van der Waals surface area contributed by atoms with E-state index in [1.165, 1.54) is 23.1 Å². The molecule has 106 valence electrons. The molecule has 5 heteroatoms. The van der Waals surface area contributed by atoms with Gasteiger partial charge in [-0.2, -0.15) is 11.3 Å². The summed E-state index contributed by atoms with van der Waals surface area (Å²) in [5.74, 6) is -0.0619. The number of nitrogens with one attached hydrogen (secondary N) is 1. The Bertz CT molecular complexity index is 528. The van der Waals surface area contributed by atoms with Crippen LogP contribution in [0.2, 0.25) is 0 Å². The molecule has 2 unspecified atom stereocenters. The van der Waals surface area contributed by atoms with E-state index in [1.54, 1.807) is 0 Å². The van der Waals surface area contributed by atoms with Crippen LogP contribution < -0.4 is 5.32 Å². The Balaban J connectivity index is 1.79. The smallest absolute Gasteiger partial charge is 0.233 e. The molecule has 1 heterocycles. The van der Waals surface area contributed by atoms with Gasteiger partial charge in [-0.1, -0.05) is 18.2 Å². The average molecular weight is 307 g/mol. The third kappa shape index (κ3) is 4.37. The average Bonchev–Trinajstić information content (AvgIpc) is 2.99. The Morgan fingerprint density at radius 3 is 2.75 bits per heavy atom. The van der Waals surface area contributed by atoms with Crippen molar-refractivity contribution < 1.29 is 9.90 Å². The van der Waals surface area contributed by atoms with E-state index in [0.29, 0.717) is 0 Å². The maximum Gasteiger partial charge on any atom is 0.233 e. The first-order chi connectivity index (χ1) is 9.66. The topological polar surface area (TPSA) is 49.3 Å². The van der Waals surface area contributed by atoms with Crippen molar-refractivity contribution in [3.05, 3.63) is 52.7 Å². The highest BCUT2D eigenvalue weighted by Gasteiger charge is 2.16. The molecule has 1 aromatic heterocycles. The van der Waals surface area contributed by atoms with Gasteiger partial charge in [0, 0.05) is 11.4 Å². The summed E-state index contributed by atoms with van der Waals surface area (Å²) in [5.41, 5.74) is 0.846. The predicted octanol–water partition coefficient (Wildman–Crippen LogP) is 3.08. The van der Waals surface area contributed by atoms with Crippen LogP contribution in [0.15, 0.2) is 52.1 Å². The van der Waals surface area contributed by atoms with Gasteiger partial charge in [-0.15, -0.1) is 11.8 Å². The quantitative estimate of drug-likeness (QED) is 0.806. The molecule has 0 spiro atoms. The molecular formula is C15H17NO2S2. The maximum absolute atomic E-state index is 12.0. The minimum Gasteiger partial charge on any atom is -0.387 e. The molecule has 2 aromatic rings. The normalized spacial score (nSPS) is 13.7. The fourth-order valence-corrected chi connectivity index (χ4v) is 3.30. The van der Waals surface area contributed by atoms with Crippen molar-refractivity contribution in [2.24, 2.45) is 0 Å². The predicted molar refractivity (Wildman–Crippen MR) is 84.0 cm³/mol. The van der Waals surface area contributed by atoms with Gasteiger partial charge in [-0.3, -0.25) is 4.79 Å². The van der Waals surface area contributed by atoms with Gasteiger partial charge in [0.25, 0.3) is 0 Å². The second-order valence-corrected chi connectivity index (χ2v) is 6.59. The van der Waals surface area contributed by atoms with Crippen LogP contribution in [0.4, 0.5) is 0 Å². The number of thioether (sulfide) groups is 1. The minimum atomic E-state index is -0.640. The lowest BCUT2D eigenvalue weighted by molar-refractivity contribution is -0.120. The molecule has 0 bridgehead atoms. The standard InChI is InChI=1S/C15H17NO2S2/c1-11(20-13-5-3-2-4-6-13)15(18)16-9-14(17)12-7-8-19-10-12/h2-8,10-11,14,17H,9H2,1H3,(H,16,18). The van der Waals surface area contributed by atoms with Gasteiger partial charge < -0.3 is 10.4 Å². The van der Waals surface area contributed by atoms with E-state index in [-0.39, 0.29) is 17.7 Å². The Morgan fingerprint density at radius 1 is 1.35 bits per heavy atom. The highest BCUT2D eigenvalue weighted by molar-refractivity contribution is 8.00. The van der Waals surface area contributed by atoms with Gasteiger partial charge in [0.05, 0.1) is 11.4 Å². The van der Waals surface area contributed by atoms with Crippen LogP contribution >= 0.6 is 23.1 Å². The summed E-state index contributed by atoms with van der Waals surface area (Å²) in [5, 5.41) is 16.3. The number of aliphatic hydroxyl groups is 1. The van der Waals surface area contributed by atoms with Crippen molar-refractivity contribution in [1.29, 1.82) is 0 Å². The number of carbonyl (C=O) groups is 1. The molecule has 0 radical (unpaired) electrons. The molecule has 1 aromatic carbocycles. The summed E-state index contributed by atoms with van der Waals surface area (Å²) < 4.78 is 0. The molecule has 0 saturated heterocycles. The van der Waals surface area contributed by atoms with Gasteiger partial charge in [0.2, 0.25) is 5.91 Å². The van der Waals surface area contributed by atoms with Crippen LogP contribution in [0.3, 0.4) is 0 Å². The van der Waals surface area contributed by atoms with Gasteiger partial charge in [-0.25, -0.2) is 0 Å². The zero-order valence-corrected chi connectivity index (χ0v) is 12.8. The van der Waals surface area contributed by atoms with Crippen molar-refractivity contribution in [3.63, 3.8) is 0 Å². The third-order valence-corrected chi connectivity index (χ3v) is 4.64. The Labute approximate surface area is 127 Å². The van der Waals surface area contributed by atoms with Crippen LogP contribution in [-0.2, 0) is 4.79 Å². The van der Waals surface area contributed by atoms with Crippen molar-refractivity contribution >= 4 is 29.0 Å². The lowest BCUT2D eigenvalue weighted by Crippen LogP contribution is -2.34. The van der Waals surface area contributed by atoms with Crippen LogP contribution in [0.25, 0.3) is 0 Å². The molecule has 2 atom stereocenters. The Morgan fingerprint density at radius 2 is 2.10 bits per heavy atom. The lowest BCUT2D eigenvalue weighted by atomic mass is 10.2. The number of thiophene rings is 1. The molecule has 20 heavy (non-hydrogen) atoms. The number of rotatable bonds is 6. The van der Waals surface area contributed by atoms with Gasteiger partial charge in [0.15, 0.2) is 0 Å². The van der Waals surface area contributed by atoms with E-state index in [0.717, 1.165) is 10.5 Å². The van der Waals surface area contributed by atoms with Crippen LogP contribution in [0.5, 0.6) is 0 Å². The van der Waals surface area contributed by atoms with E-state index < -0.39 is 6.10 Å². The van der Waals surface area contributed by atoms with Crippen molar-refractivity contribution in [1.82, 2.24) is 5.32 Å². The van der Waals surface area contributed by atoms with Crippen LogP contribution in [0, 0.1) is 0 Å². The van der Waals surface area contributed by atoms with E-state index >= 15 is 0 Å². The zero-order valence-electron chi connectivity index (χ0n) is 11.2. The van der Waals surface area contributed by atoms with Crippen LogP contribution in [-0.4, -0.2) is 22.8 Å². The first kappa shape index (κ1) is 15.1. The number of hydrogen-bond donors (Lipinski definition) is 2. The molecule has 0 saturated carbocycles. The Kier molecular flexibility index (Phi) is 5.64. The molecular weight excluding hydrogens is 290 g/mol. The molecule has 0 fully saturated rings. The van der Waals surface area contributed by atoms with Gasteiger partial charge in [0.1, 0.15) is 0 Å². The second kappa shape index (κ2) is 7.47. The SMILES string of the molecule is CC(Sc1ccccc1)C(=O)NCC(O)c1ccsc1. The van der Waals surface area contributed by atoms with Gasteiger partial charge >= 0.3 is 0 Å². The zero-order chi connectivity index (χ0) is 14.4. The fourth-order valence-electron chi connectivity index (χ4n) is 1.68. The Hall–Kier alpha value is -1.30. The third-order valence-electron chi connectivity index (χ3n) is 2.82. The molecule has 3 nitrogen and oxygen atoms in total. The minimum absolute atomic E-state index is 0.0619. The number of benzene rings is 1. The van der Waals surface area contributed by atoms with Crippen molar-refractivity contribution in [3.8, 4) is 0 Å².